The van der Waals surface area contributed by atoms with Crippen molar-refractivity contribution in [3.63, 3.8) is 0 Å². The molecule has 0 atom stereocenters. The van der Waals surface area contributed by atoms with Crippen LogP contribution in [0.1, 0.15) is 18.1 Å². The van der Waals surface area contributed by atoms with Crippen LogP contribution in [0.5, 0.6) is 5.75 Å². The van der Waals surface area contributed by atoms with Gasteiger partial charge in [0.1, 0.15) is 16.6 Å². The fraction of sp³-hybridized carbons (Fsp3) is 0.308. The molecule has 1 fully saturated rings. The van der Waals surface area contributed by atoms with Gasteiger partial charge in [-0.2, -0.15) is 9.61 Å². The van der Waals surface area contributed by atoms with Crippen molar-refractivity contribution in [2.75, 3.05) is 37.7 Å². The Morgan fingerprint density at radius 2 is 1.80 bits per heavy atom. The zero-order valence-corrected chi connectivity index (χ0v) is 20.6. The highest BCUT2D eigenvalue weighted by Crippen LogP contribution is 2.28. The first-order valence-corrected chi connectivity index (χ1v) is 12.6. The lowest BCUT2D eigenvalue weighted by molar-refractivity contribution is -0.133. The summed E-state index contributed by atoms with van der Waals surface area (Å²) >= 11 is 1.40. The van der Waals surface area contributed by atoms with Gasteiger partial charge in [0.2, 0.25) is 4.96 Å². The maximum absolute atomic E-state index is 12.8. The zero-order valence-electron chi connectivity index (χ0n) is 19.8. The van der Waals surface area contributed by atoms with Crippen LogP contribution < -0.4 is 15.2 Å². The summed E-state index contributed by atoms with van der Waals surface area (Å²) in [4.78, 5) is 34.6. The molecular formula is C26H27N5O3S. The Hall–Kier alpha value is -3.72. The van der Waals surface area contributed by atoms with Crippen LogP contribution in [-0.2, 0) is 11.2 Å². The molecule has 5 rings (SSSR count). The van der Waals surface area contributed by atoms with E-state index in [9.17, 15) is 9.59 Å². The molecule has 0 spiro atoms. The summed E-state index contributed by atoms with van der Waals surface area (Å²) in [6.45, 7) is 6.41. The minimum absolute atomic E-state index is 0.0190. The number of aryl methyl sites for hydroxylation is 2. The normalized spacial score (nSPS) is 13.9. The van der Waals surface area contributed by atoms with E-state index in [1.807, 2.05) is 60.4 Å². The van der Waals surface area contributed by atoms with E-state index in [2.05, 4.69) is 12.0 Å². The number of fused-ring (bicyclic) bond motifs is 1. The molecule has 0 N–H and O–H groups in total. The first-order chi connectivity index (χ1) is 17.0. The van der Waals surface area contributed by atoms with Crippen LogP contribution in [0.2, 0.25) is 0 Å². The number of nitrogens with zero attached hydrogens (tertiary/aromatic N) is 5. The maximum Gasteiger partial charge on any atom is 0.277 e. The fourth-order valence-electron chi connectivity index (χ4n) is 4.24. The molecule has 1 amide bonds. The second-order valence-corrected chi connectivity index (χ2v) is 9.44. The van der Waals surface area contributed by atoms with Crippen molar-refractivity contribution in [2.45, 2.75) is 20.3 Å². The van der Waals surface area contributed by atoms with Crippen molar-refractivity contribution in [1.82, 2.24) is 19.5 Å². The maximum atomic E-state index is 12.8. The number of carbonyl (C=O) groups is 1. The van der Waals surface area contributed by atoms with Crippen LogP contribution in [0.25, 0.3) is 15.5 Å². The molecule has 2 aromatic heterocycles. The highest BCUT2D eigenvalue weighted by atomic mass is 32.1. The standard InChI is InChI=1S/C26H27N5O3S/c1-3-19-9-5-7-11-21(19)34-17-24(33)30-14-12-29(13-15-30)22-16-23(32)31-26(27-22)35-25(28-31)20-10-6-4-8-18(20)2/h4-11,16H,3,12-15,17H2,1-2H3. The smallest absolute Gasteiger partial charge is 0.277 e. The number of para-hydroxylation sites is 1. The molecule has 2 aromatic carbocycles. The minimum atomic E-state index is -0.206. The van der Waals surface area contributed by atoms with Gasteiger partial charge in [0.15, 0.2) is 6.61 Å². The largest absolute Gasteiger partial charge is 0.483 e. The van der Waals surface area contributed by atoms with E-state index in [1.165, 1.54) is 21.9 Å². The molecule has 1 aliphatic rings. The van der Waals surface area contributed by atoms with Crippen LogP contribution in [0.15, 0.2) is 59.4 Å². The number of hydrogen-bond donors (Lipinski definition) is 0. The first-order valence-electron chi connectivity index (χ1n) is 11.7. The number of hydrogen-bond acceptors (Lipinski definition) is 7. The Bertz CT molecular complexity index is 1420. The average Bonchev–Trinajstić information content (AvgIpc) is 3.32. The van der Waals surface area contributed by atoms with Gasteiger partial charge in [-0.25, -0.2) is 4.98 Å². The summed E-state index contributed by atoms with van der Waals surface area (Å²) in [5.74, 6) is 1.34. The van der Waals surface area contributed by atoms with Crippen LogP contribution in [-0.4, -0.2) is 58.2 Å². The van der Waals surface area contributed by atoms with Crippen LogP contribution >= 0.6 is 11.3 Å². The SMILES string of the molecule is CCc1ccccc1OCC(=O)N1CCN(c2cc(=O)n3nc(-c4ccccc4C)sc3n2)CC1. The van der Waals surface area contributed by atoms with E-state index in [1.54, 1.807) is 4.90 Å². The summed E-state index contributed by atoms with van der Waals surface area (Å²) < 4.78 is 7.16. The Morgan fingerprint density at radius 3 is 2.57 bits per heavy atom. The van der Waals surface area contributed by atoms with E-state index < -0.39 is 0 Å². The third-order valence-electron chi connectivity index (χ3n) is 6.27. The van der Waals surface area contributed by atoms with E-state index in [-0.39, 0.29) is 18.1 Å². The van der Waals surface area contributed by atoms with Gasteiger partial charge in [0.25, 0.3) is 11.5 Å². The van der Waals surface area contributed by atoms with Crippen molar-refractivity contribution < 1.29 is 9.53 Å². The van der Waals surface area contributed by atoms with Crippen molar-refractivity contribution in [2.24, 2.45) is 0 Å². The molecule has 0 radical (unpaired) electrons. The van der Waals surface area contributed by atoms with Gasteiger partial charge in [-0.05, 0) is 30.5 Å². The summed E-state index contributed by atoms with van der Waals surface area (Å²) in [5, 5.41) is 5.27. The zero-order chi connectivity index (χ0) is 24.4. The van der Waals surface area contributed by atoms with Crippen LogP contribution in [0.4, 0.5) is 5.82 Å². The van der Waals surface area contributed by atoms with E-state index >= 15 is 0 Å². The number of piperazine rings is 1. The molecule has 9 heteroatoms. The minimum Gasteiger partial charge on any atom is -0.483 e. The average molecular weight is 490 g/mol. The van der Waals surface area contributed by atoms with Crippen molar-refractivity contribution in [3.8, 4) is 16.3 Å². The predicted molar refractivity (Wildman–Crippen MR) is 137 cm³/mol. The molecule has 8 nitrogen and oxygen atoms in total. The van der Waals surface area contributed by atoms with Gasteiger partial charge in [-0.15, -0.1) is 0 Å². The highest BCUT2D eigenvalue weighted by Gasteiger charge is 2.23. The van der Waals surface area contributed by atoms with Gasteiger partial charge >= 0.3 is 0 Å². The van der Waals surface area contributed by atoms with E-state index in [0.29, 0.717) is 37.0 Å². The summed E-state index contributed by atoms with van der Waals surface area (Å²) in [5.41, 5.74) is 2.98. The predicted octanol–water partition coefficient (Wildman–Crippen LogP) is 3.42. The Labute approximate surface area is 207 Å². The van der Waals surface area contributed by atoms with E-state index in [0.717, 1.165) is 33.9 Å². The molecule has 0 aliphatic carbocycles. The molecule has 0 saturated carbocycles. The lowest BCUT2D eigenvalue weighted by atomic mass is 10.1. The number of carbonyl (C=O) groups excluding carboxylic acids is 1. The Morgan fingerprint density at radius 1 is 1.06 bits per heavy atom. The summed E-state index contributed by atoms with van der Waals surface area (Å²) in [7, 11) is 0. The van der Waals surface area contributed by atoms with Crippen molar-refractivity contribution >= 4 is 28.0 Å². The van der Waals surface area contributed by atoms with Crippen molar-refractivity contribution in [3.05, 3.63) is 76.1 Å². The molecule has 1 aliphatic heterocycles. The third-order valence-corrected chi connectivity index (χ3v) is 7.21. The number of amides is 1. The number of ether oxygens (including phenoxy) is 1. The Kier molecular flexibility index (Phi) is 6.50. The number of rotatable bonds is 6. The molecule has 4 aromatic rings. The quantitative estimate of drug-likeness (QED) is 0.413. The topological polar surface area (TPSA) is 80.0 Å². The molecule has 35 heavy (non-hydrogen) atoms. The van der Waals surface area contributed by atoms with Crippen LogP contribution in [0, 0.1) is 6.92 Å². The third kappa shape index (κ3) is 4.77. The highest BCUT2D eigenvalue weighted by molar-refractivity contribution is 7.19. The van der Waals surface area contributed by atoms with E-state index in [4.69, 9.17) is 9.72 Å². The van der Waals surface area contributed by atoms with Crippen LogP contribution in [0.3, 0.4) is 0 Å². The monoisotopic (exact) mass is 489 g/mol. The number of benzene rings is 2. The van der Waals surface area contributed by atoms with Gasteiger partial charge in [-0.1, -0.05) is 60.7 Å². The van der Waals surface area contributed by atoms with Gasteiger partial charge in [-0.3, -0.25) is 9.59 Å². The first kappa shape index (κ1) is 23.0. The molecule has 3 heterocycles. The fourth-order valence-corrected chi connectivity index (χ4v) is 5.23. The second-order valence-electron chi connectivity index (χ2n) is 8.49. The van der Waals surface area contributed by atoms with Gasteiger partial charge < -0.3 is 14.5 Å². The van der Waals surface area contributed by atoms with Gasteiger partial charge in [0.05, 0.1) is 0 Å². The molecule has 0 bridgehead atoms. The second kappa shape index (κ2) is 9.87. The molecule has 1 saturated heterocycles. The summed E-state index contributed by atoms with van der Waals surface area (Å²) in [6, 6.07) is 17.3. The molecule has 0 unspecified atom stereocenters. The number of anilines is 1. The Balaban J connectivity index is 1.25. The lowest BCUT2D eigenvalue weighted by Gasteiger charge is -2.35. The number of aromatic nitrogens is 3. The lowest BCUT2D eigenvalue weighted by Crippen LogP contribution is -2.50. The van der Waals surface area contributed by atoms with Gasteiger partial charge in [0, 0.05) is 37.8 Å². The molecule has 180 valence electrons. The van der Waals surface area contributed by atoms with Crippen molar-refractivity contribution in [1.29, 1.82) is 0 Å². The molecular weight excluding hydrogens is 462 g/mol. The summed E-state index contributed by atoms with van der Waals surface area (Å²) in [6.07, 6.45) is 0.854.